The van der Waals surface area contributed by atoms with Crippen LogP contribution in [0.3, 0.4) is 0 Å². The number of alkyl halides is 2. The summed E-state index contributed by atoms with van der Waals surface area (Å²) in [4.78, 5) is 9.51. The lowest BCUT2D eigenvalue weighted by Crippen LogP contribution is -2.07. The summed E-state index contributed by atoms with van der Waals surface area (Å²) in [5.74, 6) is 0. The Balaban J connectivity index is 3.05. The number of rotatable bonds is 2. The summed E-state index contributed by atoms with van der Waals surface area (Å²) in [5.41, 5.74) is 0. The zero-order chi connectivity index (χ0) is 6.57. The first-order chi connectivity index (χ1) is 3.63. The van der Waals surface area contributed by atoms with Crippen LogP contribution < -0.4 is 0 Å². The second kappa shape index (κ2) is 3.88. The van der Waals surface area contributed by atoms with Gasteiger partial charge in [0.15, 0.2) is 4.18 Å². The van der Waals surface area contributed by atoms with Crippen molar-refractivity contribution in [2.75, 3.05) is 6.61 Å². The molecule has 0 amide bonds. The summed E-state index contributed by atoms with van der Waals surface area (Å²) in [5, 5.41) is 7.77. The van der Waals surface area contributed by atoms with Crippen molar-refractivity contribution in [3.05, 3.63) is 0 Å². The van der Waals surface area contributed by atoms with Crippen LogP contribution in [0.2, 0.25) is 0 Å². The van der Waals surface area contributed by atoms with E-state index in [1.165, 1.54) is 22.6 Å². The van der Waals surface area contributed by atoms with Gasteiger partial charge in [0.25, 0.3) is 0 Å². The van der Waals surface area contributed by atoms with E-state index in [2.05, 4.69) is 4.74 Å². The molecule has 0 fully saturated rings. The van der Waals surface area contributed by atoms with Gasteiger partial charge in [-0.25, -0.2) is 9.18 Å². The van der Waals surface area contributed by atoms with Crippen molar-refractivity contribution in [3.63, 3.8) is 0 Å². The topological polar surface area (TPSA) is 46.5 Å². The zero-order valence-corrected chi connectivity index (χ0v) is 5.96. The first-order valence-electron chi connectivity index (χ1n) is 1.77. The molecule has 0 saturated carbocycles. The van der Waals surface area contributed by atoms with Crippen LogP contribution in [0, 0.1) is 0 Å². The molecule has 3 nitrogen and oxygen atoms in total. The number of carbonyl (C=O) groups is 1. The molecule has 0 radical (unpaired) electrons. The molecule has 0 saturated heterocycles. The highest BCUT2D eigenvalue weighted by Crippen LogP contribution is 2.00. The third-order valence-electron chi connectivity index (χ3n) is 0.333. The zero-order valence-electron chi connectivity index (χ0n) is 3.80. The number of ether oxygens (including phenoxy) is 1. The standard InChI is InChI=1S/C3H4FIO3/c4-2(5)1-8-3(6)7/h2H,1H2,(H,6,7). The van der Waals surface area contributed by atoms with Crippen LogP contribution >= 0.6 is 22.6 Å². The molecule has 0 aliphatic carbocycles. The number of hydrogen-bond donors (Lipinski definition) is 1. The maximum absolute atomic E-state index is 11.7. The van der Waals surface area contributed by atoms with Crippen molar-refractivity contribution < 1.29 is 19.0 Å². The minimum absolute atomic E-state index is 0.393. The van der Waals surface area contributed by atoms with Crippen LogP contribution in [0.1, 0.15) is 0 Å². The van der Waals surface area contributed by atoms with Gasteiger partial charge >= 0.3 is 6.16 Å². The highest BCUT2D eigenvalue weighted by Gasteiger charge is 2.02. The van der Waals surface area contributed by atoms with E-state index in [-0.39, 0.29) is 0 Å². The Morgan fingerprint density at radius 2 is 2.50 bits per heavy atom. The fraction of sp³-hybridized carbons (Fsp3) is 0.667. The van der Waals surface area contributed by atoms with E-state index in [0.717, 1.165) is 0 Å². The Morgan fingerprint density at radius 1 is 2.00 bits per heavy atom. The average molecular weight is 234 g/mol. The molecule has 1 N–H and O–H groups in total. The Labute approximate surface area is 59.0 Å². The van der Waals surface area contributed by atoms with E-state index in [4.69, 9.17) is 5.11 Å². The molecule has 0 aromatic rings. The molecule has 1 atom stereocenters. The second-order valence-electron chi connectivity index (χ2n) is 0.968. The molecule has 0 aliphatic rings. The van der Waals surface area contributed by atoms with Crippen molar-refractivity contribution in [2.45, 2.75) is 4.18 Å². The lowest BCUT2D eigenvalue weighted by atomic mass is 10.8. The smallest absolute Gasteiger partial charge is 0.450 e. The van der Waals surface area contributed by atoms with E-state index >= 15 is 0 Å². The van der Waals surface area contributed by atoms with Crippen LogP contribution in [0.25, 0.3) is 0 Å². The van der Waals surface area contributed by atoms with Crippen molar-refractivity contribution in [1.82, 2.24) is 0 Å². The van der Waals surface area contributed by atoms with Gasteiger partial charge in [0.05, 0.1) is 0 Å². The molecule has 0 rings (SSSR count). The maximum Gasteiger partial charge on any atom is 0.505 e. The maximum atomic E-state index is 11.7. The van der Waals surface area contributed by atoms with Crippen LogP contribution in [-0.4, -0.2) is 22.0 Å². The molecule has 0 bridgehead atoms. The highest BCUT2D eigenvalue weighted by atomic mass is 127. The molecular weight excluding hydrogens is 230 g/mol. The van der Waals surface area contributed by atoms with Gasteiger partial charge < -0.3 is 9.84 Å². The van der Waals surface area contributed by atoms with E-state index in [1.54, 1.807) is 0 Å². The fourth-order valence-corrected chi connectivity index (χ4v) is 0.314. The van der Waals surface area contributed by atoms with Crippen LogP contribution in [0.5, 0.6) is 0 Å². The summed E-state index contributed by atoms with van der Waals surface area (Å²) in [6.45, 7) is -0.393. The average Bonchev–Trinajstić information content (AvgIpc) is 1.61. The quantitative estimate of drug-likeness (QED) is 0.446. The fourth-order valence-electron chi connectivity index (χ4n) is 0.134. The molecule has 0 aromatic carbocycles. The summed E-state index contributed by atoms with van der Waals surface area (Å²) >= 11 is 1.42. The molecule has 48 valence electrons. The summed E-state index contributed by atoms with van der Waals surface area (Å²) in [6, 6.07) is 0. The first-order valence-corrected chi connectivity index (χ1v) is 3.01. The van der Waals surface area contributed by atoms with Gasteiger partial charge in [0, 0.05) is 0 Å². The highest BCUT2D eigenvalue weighted by molar-refractivity contribution is 14.1. The molecule has 8 heavy (non-hydrogen) atoms. The van der Waals surface area contributed by atoms with Gasteiger partial charge in [-0.1, -0.05) is 0 Å². The molecule has 5 heteroatoms. The predicted octanol–water partition coefficient (Wildman–Crippen LogP) is 1.41. The third-order valence-corrected chi connectivity index (χ3v) is 0.692. The van der Waals surface area contributed by atoms with Crippen molar-refractivity contribution in [2.24, 2.45) is 0 Å². The number of carboxylic acid groups (broad SMARTS) is 1. The molecular formula is C3H4FIO3. The normalized spacial score (nSPS) is 12.8. The van der Waals surface area contributed by atoms with Gasteiger partial charge in [-0.15, -0.1) is 0 Å². The summed E-state index contributed by atoms with van der Waals surface area (Å²) in [6.07, 6.45) is -1.44. The van der Waals surface area contributed by atoms with Gasteiger partial charge in [0.1, 0.15) is 6.61 Å². The SMILES string of the molecule is O=C(O)OCC(F)I. The van der Waals surface area contributed by atoms with Crippen molar-refractivity contribution in [1.29, 1.82) is 0 Å². The number of hydrogen-bond acceptors (Lipinski definition) is 2. The lowest BCUT2D eigenvalue weighted by Gasteiger charge is -1.96. The molecule has 1 unspecified atom stereocenters. The largest absolute Gasteiger partial charge is 0.505 e. The summed E-state index contributed by atoms with van der Waals surface area (Å²) in [7, 11) is 0. The van der Waals surface area contributed by atoms with E-state index < -0.39 is 16.9 Å². The Bertz CT molecular complexity index is 84.6. The van der Waals surface area contributed by atoms with Gasteiger partial charge in [-0.05, 0) is 22.6 Å². The third kappa shape index (κ3) is 5.93. The van der Waals surface area contributed by atoms with E-state index in [9.17, 15) is 9.18 Å². The van der Waals surface area contributed by atoms with E-state index in [0.29, 0.717) is 0 Å². The Morgan fingerprint density at radius 3 is 2.62 bits per heavy atom. The second-order valence-corrected chi connectivity index (χ2v) is 2.32. The van der Waals surface area contributed by atoms with Crippen LogP contribution in [0.15, 0.2) is 0 Å². The van der Waals surface area contributed by atoms with Crippen LogP contribution in [0.4, 0.5) is 9.18 Å². The molecule has 0 aromatic heterocycles. The molecule has 0 aliphatic heterocycles. The van der Waals surface area contributed by atoms with Crippen molar-refractivity contribution in [3.8, 4) is 0 Å². The van der Waals surface area contributed by atoms with Crippen LogP contribution in [-0.2, 0) is 4.74 Å². The Kier molecular flexibility index (Phi) is 3.84. The summed E-state index contributed by atoms with van der Waals surface area (Å²) < 4.78 is 14.3. The minimum Gasteiger partial charge on any atom is -0.450 e. The molecule has 0 heterocycles. The minimum atomic E-state index is -1.44. The van der Waals surface area contributed by atoms with E-state index in [1.807, 2.05) is 0 Å². The molecule has 0 spiro atoms. The number of halogens is 2. The monoisotopic (exact) mass is 234 g/mol. The van der Waals surface area contributed by atoms with Gasteiger partial charge in [-0.2, -0.15) is 0 Å². The first kappa shape index (κ1) is 7.93. The van der Waals surface area contributed by atoms with Gasteiger partial charge in [0.2, 0.25) is 0 Å². The lowest BCUT2D eigenvalue weighted by molar-refractivity contribution is 0.0835. The van der Waals surface area contributed by atoms with Gasteiger partial charge in [-0.3, -0.25) is 0 Å². The Hall–Kier alpha value is -0.0700. The predicted molar refractivity (Wildman–Crippen MR) is 32.9 cm³/mol. The van der Waals surface area contributed by atoms with Crippen molar-refractivity contribution >= 4 is 28.7 Å².